The molecule has 1 amide bonds. The van der Waals surface area contributed by atoms with Gasteiger partial charge < -0.3 is 20.3 Å². The molecule has 85 heavy (non-hydrogen) atoms. The SMILES string of the molecule is CCCCCCCC/C=C\CCCCCCCCCCCC(=O)OCCCCCCCCCCCCCC/C=C\CCCCCCCCCCC(=O)NC(CO)C(O)CCCCCCCCCCCCCCCCCCCCCCCCCCC. The zero-order valence-electron chi connectivity index (χ0n) is 57.9. The van der Waals surface area contributed by atoms with Gasteiger partial charge in [0.25, 0.3) is 0 Å². The molecule has 0 aromatic rings. The predicted octanol–water partition coefficient (Wildman–Crippen LogP) is 25.7. The number of unbranched alkanes of at least 4 members (excludes halogenated alkanes) is 59. The van der Waals surface area contributed by atoms with Gasteiger partial charge in [-0.1, -0.05) is 378 Å². The van der Waals surface area contributed by atoms with Gasteiger partial charge >= 0.3 is 5.97 Å². The number of hydrogen-bond donors (Lipinski definition) is 3. The number of ether oxygens (including phenoxy) is 1. The Kier molecular flexibility index (Phi) is 73.3. The van der Waals surface area contributed by atoms with Crippen LogP contribution in [0.5, 0.6) is 0 Å². The van der Waals surface area contributed by atoms with Crippen molar-refractivity contribution < 1.29 is 24.5 Å². The molecule has 0 radical (unpaired) electrons. The van der Waals surface area contributed by atoms with E-state index in [1.807, 2.05) is 0 Å². The maximum Gasteiger partial charge on any atom is 0.305 e. The topological polar surface area (TPSA) is 95.9 Å². The Bertz CT molecular complexity index is 1330. The van der Waals surface area contributed by atoms with E-state index >= 15 is 0 Å². The van der Waals surface area contributed by atoms with Crippen LogP contribution in [0.25, 0.3) is 0 Å². The second kappa shape index (κ2) is 74.8. The highest BCUT2D eigenvalue weighted by atomic mass is 16.5. The summed E-state index contributed by atoms with van der Waals surface area (Å²) in [6.45, 7) is 5.00. The first-order chi connectivity index (χ1) is 42.0. The molecule has 0 bridgehead atoms. The largest absolute Gasteiger partial charge is 0.466 e. The van der Waals surface area contributed by atoms with E-state index in [9.17, 15) is 19.8 Å². The fourth-order valence-electron chi connectivity index (χ4n) is 12.5. The summed E-state index contributed by atoms with van der Waals surface area (Å²) in [5, 5.41) is 23.5. The molecule has 0 aliphatic carbocycles. The second-order valence-corrected chi connectivity index (χ2v) is 27.0. The van der Waals surface area contributed by atoms with E-state index in [0.717, 1.165) is 44.9 Å². The minimum Gasteiger partial charge on any atom is -0.466 e. The average molecular weight is 1200 g/mol. The third-order valence-corrected chi connectivity index (χ3v) is 18.5. The molecule has 0 saturated heterocycles. The minimum absolute atomic E-state index is 0.0134. The molecular weight excluding hydrogens is 1040 g/mol. The van der Waals surface area contributed by atoms with E-state index in [2.05, 4.69) is 43.5 Å². The van der Waals surface area contributed by atoms with Crippen molar-refractivity contribution in [2.45, 2.75) is 456 Å². The molecule has 2 atom stereocenters. The maximum absolute atomic E-state index is 12.6. The molecular formula is C79H153NO5. The monoisotopic (exact) mass is 1200 g/mol. The summed E-state index contributed by atoms with van der Waals surface area (Å²) < 4.78 is 5.51. The average Bonchev–Trinajstić information content (AvgIpc) is 3.51. The lowest BCUT2D eigenvalue weighted by Crippen LogP contribution is -2.45. The first-order valence-electron chi connectivity index (χ1n) is 39.1. The molecule has 504 valence electrons. The molecule has 0 aromatic carbocycles. The molecule has 6 nitrogen and oxygen atoms in total. The van der Waals surface area contributed by atoms with Gasteiger partial charge in [-0.15, -0.1) is 0 Å². The molecule has 6 heteroatoms. The third-order valence-electron chi connectivity index (χ3n) is 18.5. The van der Waals surface area contributed by atoms with Crippen molar-refractivity contribution in [3.63, 3.8) is 0 Å². The van der Waals surface area contributed by atoms with Crippen LogP contribution >= 0.6 is 0 Å². The van der Waals surface area contributed by atoms with Crippen molar-refractivity contribution in [2.24, 2.45) is 0 Å². The fourth-order valence-corrected chi connectivity index (χ4v) is 12.5. The van der Waals surface area contributed by atoms with Gasteiger partial charge in [0, 0.05) is 12.8 Å². The zero-order valence-corrected chi connectivity index (χ0v) is 57.9. The van der Waals surface area contributed by atoms with Crippen molar-refractivity contribution in [1.29, 1.82) is 0 Å². The van der Waals surface area contributed by atoms with Gasteiger partial charge in [-0.2, -0.15) is 0 Å². The van der Waals surface area contributed by atoms with Crippen molar-refractivity contribution in [3.8, 4) is 0 Å². The van der Waals surface area contributed by atoms with Crippen LogP contribution in [0.3, 0.4) is 0 Å². The quantitative estimate of drug-likeness (QED) is 0.0320. The number of amides is 1. The van der Waals surface area contributed by atoms with E-state index in [1.165, 1.54) is 366 Å². The van der Waals surface area contributed by atoms with Crippen molar-refractivity contribution >= 4 is 11.9 Å². The highest BCUT2D eigenvalue weighted by molar-refractivity contribution is 5.76. The number of esters is 1. The summed E-state index contributed by atoms with van der Waals surface area (Å²) >= 11 is 0. The number of aliphatic hydroxyl groups is 2. The Morgan fingerprint density at radius 2 is 0.553 bits per heavy atom. The molecule has 0 saturated carbocycles. The molecule has 0 aliphatic heterocycles. The van der Waals surface area contributed by atoms with E-state index < -0.39 is 12.1 Å². The highest BCUT2D eigenvalue weighted by Crippen LogP contribution is 2.20. The Morgan fingerprint density at radius 3 is 0.835 bits per heavy atom. The number of carbonyl (C=O) groups is 2. The van der Waals surface area contributed by atoms with Gasteiger partial charge in [-0.05, 0) is 77.0 Å². The second-order valence-electron chi connectivity index (χ2n) is 27.0. The van der Waals surface area contributed by atoms with Gasteiger partial charge in [0.2, 0.25) is 5.91 Å². The summed E-state index contributed by atoms with van der Waals surface area (Å²) in [5.41, 5.74) is 0. The number of allylic oxidation sites excluding steroid dienone is 4. The number of hydrogen-bond acceptors (Lipinski definition) is 5. The van der Waals surface area contributed by atoms with Gasteiger partial charge in [-0.25, -0.2) is 0 Å². The van der Waals surface area contributed by atoms with Crippen LogP contribution in [-0.2, 0) is 14.3 Å². The summed E-state index contributed by atoms with van der Waals surface area (Å²) in [7, 11) is 0. The van der Waals surface area contributed by atoms with Crippen LogP contribution < -0.4 is 5.32 Å². The number of rotatable bonds is 74. The predicted molar refractivity (Wildman–Crippen MR) is 375 cm³/mol. The third kappa shape index (κ3) is 71.3. The summed E-state index contributed by atoms with van der Waals surface area (Å²) in [4.78, 5) is 24.7. The molecule has 0 spiro atoms. The minimum atomic E-state index is -0.669. The summed E-state index contributed by atoms with van der Waals surface area (Å²) in [5.74, 6) is -0.0206. The van der Waals surface area contributed by atoms with Crippen LogP contribution in [0.4, 0.5) is 0 Å². The van der Waals surface area contributed by atoms with Crippen LogP contribution in [0.1, 0.15) is 444 Å². The van der Waals surface area contributed by atoms with Gasteiger partial charge in [0.1, 0.15) is 0 Å². The number of nitrogens with one attached hydrogen (secondary N) is 1. The van der Waals surface area contributed by atoms with Gasteiger partial charge in [0.15, 0.2) is 0 Å². The number of aliphatic hydroxyl groups excluding tert-OH is 2. The Morgan fingerprint density at radius 1 is 0.318 bits per heavy atom. The standard InChI is InChI=1S/C79H153NO5/c1-3-5-7-9-11-13-15-17-19-21-23-24-25-26-29-32-36-39-43-47-51-55-59-63-67-71-77(82)76(75-81)80-78(83)72-68-64-60-56-52-48-44-40-37-33-30-27-28-31-34-38-42-46-50-54-58-62-66-70-74-85-79(84)73-69-65-61-57-53-49-45-41-35-22-20-18-16-14-12-10-8-6-4-2/h18,20,30,33,76-77,81-82H,3-17,19,21-29,31-32,34-75H2,1-2H3,(H,80,83)/b20-18-,33-30-. The summed E-state index contributed by atoms with van der Waals surface area (Å²) in [6, 6.07) is -0.547. The van der Waals surface area contributed by atoms with Crippen molar-refractivity contribution in [2.75, 3.05) is 13.2 Å². The summed E-state index contributed by atoms with van der Waals surface area (Å²) in [6.07, 6.45) is 95.4. The Hall–Kier alpha value is -1.66. The van der Waals surface area contributed by atoms with E-state index in [4.69, 9.17) is 4.74 Å². The van der Waals surface area contributed by atoms with Gasteiger partial charge in [0.05, 0.1) is 25.4 Å². The molecule has 2 unspecified atom stereocenters. The molecule has 0 aromatic heterocycles. The van der Waals surface area contributed by atoms with Crippen LogP contribution in [0.2, 0.25) is 0 Å². The van der Waals surface area contributed by atoms with E-state index in [1.54, 1.807) is 0 Å². The van der Waals surface area contributed by atoms with E-state index in [-0.39, 0.29) is 18.5 Å². The lowest BCUT2D eigenvalue weighted by molar-refractivity contribution is -0.143. The maximum atomic E-state index is 12.6. The van der Waals surface area contributed by atoms with Crippen molar-refractivity contribution in [1.82, 2.24) is 5.32 Å². The smallest absolute Gasteiger partial charge is 0.305 e. The Balaban J connectivity index is 3.39. The Labute approximate surface area is 532 Å². The lowest BCUT2D eigenvalue weighted by Gasteiger charge is -2.22. The zero-order chi connectivity index (χ0) is 61.3. The molecule has 0 rings (SSSR count). The lowest BCUT2D eigenvalue weighted by atomic mass is 10.0. The highest BCUT2D eigenvalue weighted by Gasteiger charge is 2.20. The first-order valence-corrected chi connectivity index (χ1v) is 39.1. The van der Waals surface area contributed by atoms with Gasteiger partial charge in [-0.3, -0.25) is 9.59 Å². The van der Waals surface area contributed by atoms with Crippen molar-refractivity contribution in [3.05, 3.63) is 24.3 Å². The fraction of sp³-hybridized carbons (Fsp3) is 0.924. The van der Waals surface area contributed by atoms with Crippen LogP contribution in [0.15, 0.2) is 24.3 Å². The molecule has 0 aliphatic rings. The normalized spacial score (nSPS) is 12.6. The first kappa shape index (κ1) is 83.3. The van der Waals surface area contributed by atoms with E-state index in [0.29, 0.717) is 25.9 Å². The number of carbonyl (C=O) groups excluding carboxylic acids is 2. The molecule has 0 heterocycles. The van der Waals surface area contributed by atoms with Crippen LogP contribution in [-0.4, -0.2) is 47.4 Å². The molecule has 0 fully saturated rings. The van der Waals surface area contributed by atoms with Crippen LogP contribution in [0, 0.1) is 0 Å². The molecule has 3 N–H and O–H groups in total.